The van der Waals surface area contributed by atoms with Gasteiger partial charge in [-0.15, -0.1) is 0 Å². The number of hydrogen-bond donors (Lipinski definition) is 0. The van der Waals surface area contributed by atoms with E-state index < -0.39 is 0 Å². The highest BCUT2D eigenvalue weighted by molar-refractivity contribution is 6.14. The van der Waals surface area contributed by atoms with E-state index in [-0.39, 0.29) is 12.0 Å². The van der Waals surface area contributed by atoms with Crippen LogP contribution in [0.25, 0.3) is 82.8 Å². The van der Waals surface area contributed by atoms with Crippen LogP contribution in [0.2, 0.25) is 0 Å². The number of hydrogen-bond acceptors (Lipinski definition) is 2. The summed E-state index contributed by atoms with van der Waals surface area (Å²) in [5.74, 6) is 1.21. The quantitative estimate of drug-likeness (QED) is 0.189. The first-order valence-electron chi connectivity index (χ1n) is 17.6. The van der Waals surface area contributed by atoms with Crippen molar-refractivity contribution in [2.45, 2.75) is 12.0 Å². The van der Waals surface area contributed by atoms with E-state index in [9.17, 15) is 0 Å². The molecule has 3 heteroatoms. The van der Waals surface area contributed by atoms with Gasteiger partial charge < -0.3 is 13.7 Å². The maximum Gasteiger partial charge on any atom is 0.135 e. The number of rotatable bonds is 4. The normalized spacial score (nSPS) is 16.2. The van der Waals surface area contributed by atoms with Crippen LogP contribution in [0.3, 0.4) is 0 Å². The lowest BCUT2D eigenvalue weighted by molar-refractivity contribution is 0.270. The van der Waals surface area contributed by atoms with Crippen molar-refractivity contribution in [1.29, 1.82) is 0 Å². The summed E-state index contributed by atoms with van der Waals surface area (Å²) in [5, 5.41) is 4.69. The number of allylic oxidation sites excluding steroid dienone is 2. The molecule has 0 spiro atoms. The topological polar surface area (TPSA) is 27.3 Å². The number of aromatic nitrogens is 1. The summed E-state index contributed by atoms with van der Waals surface area (Å²) in [6.45, 7) is 0. The van der Waals surface area contributed by atoms with Crippen LogP contribution in [0.4, 0.5) is 0 Å². The van der Waals surface area contributed by atoms with E-state index in [2.05, 4.69) is 168 Å². The lowest BCUT2D eigenvalue weighted by atomic mass is 9.90. The van der Waals surface area contributed by atoms with Crippen LogP contribution in [0.1, 0.15) is 11.5 Å². The lowest BCUT2D eigenvalue weighted by Gasteiger charge is -2.17. The van der Waals surface area contributed by atoms with E-state index in [1.54, 1.807) is 0 Å². The van der Waals surface area contributed by atoms with Crippen molar-refractivity contribution in [2.75, 3.05) is 0 Å². The number of para-hydroxylation sites is 4. The molecule has 0 saturated heterocycles. The van der Waals surface area contributed by atoms with E-state index in [0.717, 1.165) is 61.2 Å². The molecule has 2 aromatic heterocycles. The molecule has 51 heavy (non-hydrogen) atoms. The van der Waals surface area contributed by atoms with E-state index in [4.69, 9.17) is 9.15 Å². The number of benzene rings is 7. The van der Waals surface area contributed by atoms with Gasteiger partial charge in [-0.25, -0.2) is 0 Å². The minimum absolute atomic E-state index is 0.0195. The monoisotopic (exact) mass is 653 g/mol. The lowest BCUT2D eigenvalue weighted by Crippen LogP contribution is -2.15. The van der Waals surface area contributed by atoms with Crippen LogP contribution < -0.4 is 4.74 Å². The van der Waals surface area contributed by atoms with E-state index in [1.807, 2.05) is 12.1 Å². The Bertz CT molecular complexity index is 2900. The van der Waals surface area contributed by atoms with Crippen molar-refractivity contribution in [3.63, 3.8) is 0 Å². The van der Waals surface area contributed by atoms with E-state index in [1.165, 1.54) is 32.9 Å². The third kappa shape index (κ3) is 4.31. The molecule has 0 N–H and O–H groups in total. The van der Waals surface area contributed by atoms with Crippen LogP contribution in [0.15, 0.2) is 180 Å². The van der Waals surface area contributed by atoms with Crippen LogP contribution in [-0.2, 0) is 0 Å². The SMILES string of the molecule is C1=CC2Oc3c(-c4cccc5c6ccccc6n(-c6cc(-c7ccccc7)cc(-c7ccc8oc9ccccc9c8c7)c6)c45)cccc3C2C=C1. The van der Waals surface area contributed by atoms with Crippen LogP contribution in [-0.4, -0.2) is 10.7 Å². The first-order chi connectivity index (χ1) is 25.3. The fraction of sp³-hybridized carbons (Fsp3) is 0.0417. The van der Waals surface area contributed by atoms with Gasteiger partial charge in [0.25, 0.3) is 0 Å². The second-order valence-corrected chi connectivity index (χ2v) is 13.6. The fourth-order valence-corrected chi connectivity index (χ4v) is 8.39. The summed E-state index contributed by atoms with van der Waals surface area (Å²) in [6.07, 6.45) is 8.68. The molecule has 0 radical (unpaired) electrons. The molecule has 1 aliphatic heterocycles. The Morgan fingerprint density at radius 3 is 2.12 bits per heavy atom. The highest BCUT2D eigenvalue weighted by Crippen LogP contribution is 2.49. The maximum absolute atomic E-state index is 6.72. The Morgan fingerprint density at radius 2 is 1.20 bits per heavy atom. The molecule has 2 aliphatic rings. The van der Waals surface area contributed by atoms with Crippen molar-refractivity contribution < 1.29 is 9.15 Å². The Hall–Kier alpha value is -6.58. The minimum atomic E-state index is 0.0195. The third-order valence-corrected chi connectivity index (χ3v) is 10.7. The first-order valence-corrected chi connectivity index (χ1v) is 17.6. The van der Waals surface area contributed by atoms with Gasteiger partial charge in [-0.3, -0.25) is 0 Å². The molecule has 3 heterocycles. The average molecular weight is 654 g/mol. The van der Waals surface area contributed by atoms with Gasteiger partial charge >= 0.3 is 0 Å². The summed E-state index contributed by atoms with van der Waals surface area (Å²) in [6, 6.07) is 54.6. The summed E-state index contributed by atoms with van der Waals surface area (Å²) < 4.78 is 15.4. The Kier molecular flexibility index (Phi) is 6.08. The van der Waals surface area contributed by atoms with Gasteiger partial charge in [0, 0.05) is 49.8 Å². The van der Waals surface area contributed by atoms with Gasteiger partial charge in [0.05, 0.1) is 11.0 Å². The highest BCUT2D eigenvalue weighted by Gasteiger charge is 2.34. The smallest absolute Gasteiger partial charge is 0.135 e. The van der Waals surface area contributed by atoms with Crippen LogP contribution in [0.5, 0.6) is 5.75 Å². The number of ether oxygens (including phenoxy) is 1. The maximum atomic E-state index is 6.72. The molecule has 2 unspecified atom stereocenters. The summed E-state index contributed by atoms with van der Waals surface area (Å²) >= 11 is 0. The fourth-order valence-electron chi connectivity index (χ4n) is 8.39. The first kappa shape index (κ1) is 28.3. The van der Waals surface area contributed by atoms with Crippen LogP contribution in [0, 0.1) is 0 Å². The van der Waals surface area contributed by atoms with E-state index >= 15 is 0 Å². The molecule has 11 rings (SSSR count). The molecule has 0 bridgehead atoms. The molecular weight excluding hydrogens is 623 g/mol. The average Bonchev–Trinajstić information content (AvgIpc) is 3.87. The van der Waals surface area contributed by atoms with E-state index in [0.29, 0.717) is 0 Å². The second-order valence-electron chi connectivity index (χ2n) is 13.6. The van der Waals surface area contributed by atoms with Crippen molar-refractivity contribution in [3.8, 4) is 44.8 Å². The molecule has 0 fully saturated rings. The summed E-state index contributed by atoms with van der Waals surface area (Å²) in [7, 11) is 0. The predicted octanol–water partition coefficient (Wildman–Crippen LogP) is 12.7. The zero-order valence-corrected chi connectivity index (χ0v) is 27.7. The van der Waals surface area contributed by atoms with Gasteiger partial charge in [-0.2, -0.15) is 0 Å². The number of nitrogens with zero attached hydrogens (tertiary/aromatic N) is 1. The summed E-state index contributed by atoms with van der Waals surface area (Å²) in [4.78, 5) is 0. The number of furan rings is 1. The molecule has 3 nitrogen and oxygen atoms in total. The molecule has 0 amide bonds. The molecule has 240 valence electrons. The van der Waals surface area contributed by atoms with Crippen molar-refractivity contribution in [2.24, 2.45) is 0 Å². The molecule has 1 aliphatic carbocycles. The van der Waals surface area contributed by atoms with Gasteiger partial charge in [-0.05, 0) is 70.8 Å². The van der Waals surface area contributed by atoms with Crippen molar-refractivity contribution >= 4 is 43.7 Å². The standard InChI is InChI=1S/C48H31NO2/c1-2-12-30(13-3-1)32-26-33(31-24-25-46-42(29-31)37-16-6-8-22-44(37)50-46)28-34(27-32)49-43-21-7-4-14-35(43)38-17-10-18-39(47(38)49)41-20-11-19-40-36-15-5-9-23-45(36)51-48(40)41/h1-29,36,45H. The zero-order valence-electron chi connectivity index (χ0n) is 27.7. The van der Waals surface area contributed by atoms with Crippen molar-refractivity contribution in [3.05, 3.63) is 182 Å². The molecular formula is C48H31NO2. The molecule has 9 aromatic rings. The third-order valence-electron chi connectivity index (χ3n) is 10.7. The minimum Gasteiger partial charge on any atom is -0.484 e. The Labute approximate surface area is 295 Å². The van der Waals surface area contributed by atoms with Gasteiger partial charge in [0.2, 0.25) is 0 Å². The molecule has 0 saturated carbocycles. The Balaban J connectivity index is 1.19. The largest absolute Gasteiger partial charge is 0.484 e. The second kappa shape index (κ2) is 11.0. The molecule has 7 aromatic carbocycles. The van der Waals surface area contributed by atoms with Crippen molar-refractivity contribution in [1.82, 2.24) is 4.57 Å². The van der Waals surface area contributed by atoms with Gasteiger partial charge in [-0.1, -0.05) is 127 Å². The van der Waals surface area contributed by atoms with Gasteiger partial charge in [0.1, 0.15) is 23.0 Å². The zero-order chi connectivity index (χ0) is 33.5. The summed E-state index contributed by atoms with van der Waals surface area (Å²) in [5.41, 5.74) is 13.4. The van der Waals surface area contributed by atoms with Gasteiger partial charge in [0.15, 0.2) is 0 Å². The highest BCUT2D eigenvalue weighted by atomic mass is 16.5. The molecule has 2 atom stereocenters. The predicted molar refractivity (Wildman–Crippen MR) is 210 cm³/mol. The Morgan fingerprint density at radius 1 is 0.471 bits per heavy atom. The van der Waals surface area contributed by atoms with Crippen LogP contribution >= 0.6 is 0 Å². The number of fused-ring (bicyclic) bond motifs is 9.